The minimum atomic E-state index is -4.75. The molecule has 1 aliphatic rings. The number of rotatable bonds is 1. The van der Waals surface area contributed by atoms with Crippen molar-refractivity contribution in [1.82, 2.24) is 5.32 Å². The molecule has 0 amide bonds. The molecule has 2 rings (SSSR count). The van der Waals surface area contributed by atoms with Crippen LogP contribution in [0.5, 0.6) is 0 Å². The Morgan fingerprint density at radius 2 is 2.00 bits per heavy atom. The van der Waals surface area contributed by atoms with Crippen LogP contribution in [0.2, 0.25) is 0 Å². The van der Waals surface area contributed by atoms with Gasteiger partial charge < -0.3 is 10.4 Å². The Morgan fingerprint density at radius 3 is 2.53 bits per heavy atom. The van der Waals surface area contributed by atoms with Crippen LogP contribution in [0.3, 0.4) is 0 Å². The molecule has 0 aliphatic carbocycles. The summed E-state index contributed by atoms with van der Waals surface area (Å²) in [7, 11) is 0. The van der Waals surface area contributed by atoms with Crippen molar-refractivity contribution in [3.8, 4) is 0 Å². The van der Waals surface area contributed by atoms with E-state index < -0.39 is 23.2 Å². The Kier molecular flexibility index (Phi) is 2.87. The van der Waals surface area contributed by atoms with Gasteiger partial charge in [0, 0.05) is 12.1 Å². The van der Waals surface area contributed by atoms with Crippen LogP contribution in [0, 0.1) is 5.82 Å². The molecule has 0 radical (unpaired) electrons. The van der Waals surface area contributed by atoms with Gasteiger partial charge in [-0.3, -0.25) is 0 Å². The van der Waals surface area contributed by atoms with Gasteiger partial charge >= 0.3 is 6.18 Å². The number of benzene rings is 1. The van der Waals surface area contributed by atoms with Crippen LogP contribution in [-0.4, -0.2) is 18.2 Å². The molecular formula is C11H11F4NO. The first kappa shape index (κ1) is 12.3. The maximum Gasteiger partial charge on any atom is 0.419 e. The topological polar surface area (TPSA) is 32.3 Å². The fourth-order valence-corrected chi connectivity index (χ4v) is 2.02. The van der Waals surface area contributed by atoms with E-state index in [1.807, 2.05) is 0 Å². The van der Waals surface area contributed by atoms with E-state index in [0.717, 1.165) is 6.07 Å². The van der Waals surface area contributed by atoms with Crippen molar-refractivity contribution in [2.45, 2.75) is 18.2 Å². The summed E-state index contributed by atoms with van der Waals surface area (Å²) in [5.41, 5.74) is -3.18. The van der Waals surface area contributed by atoms with Gasteiger partial charge in [0.2, 0.25) is 0 Å². The SMILES string of the molecule is OC1(c2cccc(C(F)(F)F)c2F)CCNC1. The van der Waals surface area contributed by atoms with Gasteiger partial charge in [-0.15, -0.1) is 0 Å². The van der Waals surface area contributed by atoms with Gasteiger partial charge in [0.05, 0.1) is 5.56 Å². The lowest BCUT2D eigenvalue weighted by Crippen LogP contribution is -2.30. The van der Waals surface area contributed by atoms with E-state index in [-0.39, 0.29) is 18.5 Å². The summed E-state index contributed by atoms with van der Waals surface area (Å²) in [6.07, 6.45) is -4.55. The molecule has 0 spiro atoms. The van der Waals surface area contributed by atoms with E-state index in [9.17, 15) is 22.7 Å². The summed E-state index contributed by atoms with van der Waals surface area (Å²) in [5, 5.41) is 12.9. The summed E-state index contributed by atoms with van der Waals surface area (Å²) in [6.45, 7) is 0.511. The maximum absolute atomic E-state index is 13.8. The molecule has 1 saturated heterocycles. The molecule has 2 N–H and O–H groups in total. The fourth-order valence-electron chi connectivity index (χ4n) is 2.02. The van der Waals surface area contributed by atoms with E-state index in [1.54, 1.807) is 0 Å². The van der Waals surface area contributed by atoms with Gasteiger partial charge in [0.15, 0.2) is 0 Å². The summed E-state index contributed by atoms with van der Waals surface area (Å²) < 4.78 is 51.3. The molecule has 1 fully saturated rings. The molecule has 0 aromatic heterocycles. The van der Waals surface area contributed by atoms with Gasteiger partial charge in [-0.05, 0) is 19.0 Å². The highest BCUT2D eigenvalue weighted by molar-refractivity contribution is 5.33. The number of hydrogen-bond acceptors (Lipinski definition) is 2. The monoisotopic (exact) mass is 249 g/mol. The van der Waals surface area contributed by atoms with E-state index in [0.29, 0.717) is 12.6 Å². The summed E-state index contributed by atoms with van der Waals surface area (Å²) in [6, 6.07) is 2.97. The second-order valence-corrected chi connectivity index (χ2v) is 4.12. The lowest BCUT2D eigenvalue weighted by molar-refractivity contribution is -0.140. The van der Waals surface area contributed by atoms with Crippen molar-refractivity contribution in [2.75, 3.05) is 13.1 Å². The summed E-state index contributed by atoms with van der Waals surface area (Å²) >= 11 is 0. The Morgan fingerprint density at radius 1 is 1.29 bits per heavy atom. The Hall–Kier alpha value is -1.14. The Bertz CT molecular complexity index is 424. The number of nitrogens with one attached hydrogen (secondary N) is 1. The van der Waals surface area contributed by atoms with Gasteiger partial charge in [0.25, 0.3) is 0 Å². The molecule has 0 bridgehead atoms. The first-order valence-corrected chi connectivity index (χ1v) is 5.14. The molecule has 1 atom stereocenters. The Balaban J connectivity index is 2.49. The standard InChI is InChI=1S/C11H11F4NO/c12-9-7(10(17)4-5-16-6-10)2-1-3-8(9)11(13,14)15/h1-3,16-17H,4-6H2. The zero-order chi connectivity index (χ0) is 12.7. The predicted octanol–water partition coefficient (Wildman–Crippen LogP) is 2.03. The molecule has 94 valence electrons. The number of aliphatic hydroxyl groups is 1. The van der Waals surface area contributed by atoms with Crippen LogP contribution in [0.4, 0.5) is 17.6 Å². The summed E-state index contributed by atoms with van der Waals surface area (Å²) in [4.78, 5) is 0. The van der Waals surface area contributed by atoms with Crippen molar-refractivity contribution < 1.29 is 22.7 Å². The van der Waals surface area contributed by atoms with Gasteiger partial charge in [0.1, 0.15) is 11.4 Å². The van der Waals surface area contributed by atoms with Gasteiger partial charge in [-0.1, -0.05) is 12.1 Å². The molecular weight excluding hydrogens is 238 g/mol. The minimum Gasteiger partial charge on any atom is -0.384 e. The van der Waals surface area contributed by atoms with Crippen molar-refractivity contribution in [3.05, 3.63) is 35.1 Å². The highest BCUT2D eigenvalue weighted by Crippen LogP contribution is 2.37. The lowest BCUT2D eigenvalue weighted by atomic mass is 9.91. The van der Waals surface area contributed by atoms with Crippen LogP contribution in [0.1, 0.15) is 17.5 Å². The van der Waals surface area contributed by atoms with Crippen LogP contribution < -0.4 is 5.32 Å². The molecule has 2 nitrogen and oxygen atoms in total. The molecule has 1 aromatic rings. The molecule has 1 heterocycles. The van der Waals surface area contributed by atoms with Crippen LogP contribution in [0.25, 0.3) is 0 Å². The van der Waals surface area contributed by atoms with Crippen molar-refractivity contribution in [2.24, 2.45) is 0 Å². The average molecular weight is 249 g/mol. The quantitative estimate of drug-likeness (QED) is 0.746. The van der Waals surface area contributed by atoms with Crippen molar-refractivity contribution >= 4 is 0 Å². The first-order valence-electron chi connectivity index (χ1n) is 5.14. The van der Waals surface area contributed by atoms with Crippen molar-refractivity contribution in [3.63, 3.8) is 0 Å². The number of hydrogen-bond donors (Lipinski definition) is 2. The van der Waals surface area contributed by atoms with Gasteiger partial charge in [-0.25, -0.2) is 4.39 Å². The largest absolute Gasteiger partial charge is 0.419 e. The van der Waals surface area contributed by atoms with E-state index >= 15 is 0 Å². The Labute approximate surface area is 95.3 Å². The molecule has 17 heavy (non-hydrogen) atoms. The maximum atomic E-state index is 13.8. The minimum absolute atomic E-state index is 0.0607. The normalized spacial score (nSPS) is 25.2. The lowest BCUT2D eigenvalue weighted by Gasteiger charge is -2.23. The predicted molar refractivity (Wildman–Crippen MR) is 52.8 cm³/mol. The second-order valence-electron chi connectivity index (χ2n) is 4.12. The molecule has 6 heteroatoms. The third-order valence-electron chi connectivity index (χ3n) is 2.94. The fraction of sp³-hybridized carbons (Fsp3) is 0.455. The highest BCUT2D eigenvalue weighted by atomic mass is 19.4. The second kappa shape index (κ2) is 3.96. The summed E-state index contributed by atoms with van der Waals surface area (Å²) in [5.74, 6) is -1.38. The van der Waals surface area contributed by atoms with Gasteiger partial charge in [-0.2, -0.15) is 13.2 Å². The average Bonchev–Trinajstić information content (AvgIpc) is 2.64. The third kappa shape index (κ3) is 2.14. The highest BCUT2D eigenvalue weighted by Gasteiger charge is 2.40. The third-order valence-corrected chi connectivity index (χ3v) is 2.94. The molecule has 0 saturated carbocycles. The van der Waals surface area contributed by atoms with E-state index in [2.05, 4.69) is 5.32 Å². The number of β-amino-alcohol motifs (C(OH)–C–C–N with tert-alkyl or cyclic N) is 1. The zero-order valence-corrected chi connectivity index (χ0v) is 8.81. The van der Waals surface area contributed by atoms with E-state index in [1.165, 1.54) is 6.07 Å². The smallest absolute Gasteiger partial charge is 0.384 e. The molecule has 1 aromatic carbocycles. The van der Waals surface area contributed by atoms with Crippen molar-refractivity contribution in [1.29, 1.82) is 0 Å². The van der Waals surface area contributed by atoms with Crippen LogP contribution >= 0.6 is 0 Å². The number of alkyl halides is 3. The molecule has 1 unspecified atom stereocenters. The zero-order valence-electron chi connectivity index (χ0n) is 8.81. The number of halogens is 4. The van der Waals surface area contributed by atoms with Crippen LogP contribution in [-0.2, 0) is 11.8 Å². The first-order chi connectivity index (χ1) is 7.84. The molecule has 1 aliphatic heterocycles. The van der Waals surface area contributed by atoms with E-state index in [4.69, 9.17) is 0 Å². The van der Waals surface area contributed by atoms with Crippen LogP contribution in [0.15, 0.2) is 18.2 Å².